The number of carbonyl (C=O) groups excluding carboxylic acids is 3. The number of hydrogen-bond acceptors (Lipinski definition) is 3. The summed E-state index contributed by atoms with van der Waals surface area (Å²) in [5.41, 5.74) is 2.19. The molecule has 1 aliphatic heterocycles. The van der Waals surface area contributed by atoms with Crippen molar-refractivity contribution in [3.05, 3.63) is 23.8 Å². The number of piperazine rings is 1. The molecule has 7 nitrogen and oxygen atoms in total. The van der Waals surface area contributed by atoms with Crippen LogP contribution >= 0.6 is 0 Å². The molecule has 1 aliphatic rings. The van der Waals surface area contributed by atoms with E-state index in [0.717, 1.165) is 18.4 Å². The number of rotatable bonds is 6. The highest BCUT2D eigenvalue weighted by molar-refractivity contribution is 5.96. The third kappa shape index (κ3) is 5.21. The third-order valence-electron chi connectivity index (χ3n) is 4.89. The Morgan fingerprint density at radius 1 is 1.19 bits per heavy atom. The van der Waals surface area contributed by atoms with Crippen molar-refractivity contribution in [2.24, 2.45) is 0 Å². The Balaban J connectivity index is 2.13. The summed E-state index contributed by atoms with van der Waals surface area (Å²) in [7, 11) is 1.78. The number of unbranched alkanes of at least 4 members (excludes halogenated alkanes) is 1. The van der Waals surface area contributed by atoms with Gasteiger partial charge in [0, 0.05) is 37.9 Å². The van der Waals surface area contributed by atoms with Gasteiger partial charge in [-0.1, -0.05) is 32.8 Å². The van der Waals surface area contributed by atoms with Crippen LogP contribution in [0.2, 0.25) is 0 Å². The minimum Gasteiger partial charge on any atom is -0.342 e. The fourth-order valence-electron chi connectivity index (χ4n) is 3.10. The van der Waals surface area contributed by atoms with Gasteiger partial charge in [-0.25, -0.2) is 4.79 Å². The minimum absolute atomic E-state index is 0.00958. The molecule has 0 radical (unpaired) electrons. The van der Waals surface area contributed by atoms with Crippen LogP contribution in [-0.4, -0.2) is 53.8 Å². The number of nitrogens with one attached hydrogen (secondary N) is 2. The van der Waals surface area contributed by atoms with Gasteiger partial charge in [-0.05, 0) is 31.0 Å². The third-order valence-corrected chi connectivity index (χ3v) is 4.89. The molecular formula is C20H30N4O3. The van der Waals surface area contributed by atoms with Gasteiger partial charge in [0.15, 0.2) is 0 Å². The SMILES string of the molecule is CCCCC1C(=O)N(C)CCN1C(=O)Nc1ccc(C)c(NC(=O)CC)c1. The first-order valence-electron chi connectivity index (χ1n) is 9.60. The summed E-state index contributed by atoms with van der Waals surface area (Å²) in [4.78, 5) is 40.3. The van der Waals surface area contributed by atoms with Gasteiger partial charge in [0.05, 0.1) is 0 Å². The predicted octanol–water partition coefficient (Wildman–Crippen LogP) is 3.21. The first-order valence-corrected chi connectivity index (χ1v) is 9.60. The molecule has 1 heterocycles. The zero-order chi connectivity index (χ0) is 20.0. The van der Waals surface area contributed by atoms with Crippen molar-refractivity contribution in [2.75, 3.05) is 30.8 Å². The Kier molecular flexibility index (Phi) is 7.21. The van der Waals surface area contributed by atoms with Crippen molar-refractivity contribution in [3.63, 3.8) is 0 Å². The summed E-state index contributed by atoms with van der Waals surface area (Å²) in [6.45, 7) is 6.79. The van der Waals surface area contributed by atoms with E-state index in [1.807, 2.05) is 13.0 Å². The quantitative estimate of drug-likeness (QED) is 0.802. The van der Waals surface area contributed by atoms with Crippen LogP contribution < -0.4 is 10.6 Å². The van der Waals surface area contributed by atoms with Crippen LogP contribution in [0.25, 0.3) is 0 Å². The Labute approximate surface area is 161 Å². The molecule has 2 rings (SSSR count). The zero-order valence-electron chi connectivity index (χ0n) is 16.7. The standard InChI is InChI=1S/C20H30N4O3/c1-5-7-8-17-19(26)23(4)11-12-24(17)20(27)21-15-10-9-14(3)16(13-15)22-18(25)6-2/h9-10,13,17H,5-8,11-12H2,1-4H3,(H,21,27)(H,22,25). The van der Waals surface area contributed by atoms with Gasteiger partial charge < -0.3 is 20.4 Å². The molecule has 1 atom stereocenters. The second-order valence-electron chi connectivity index (χ2n) is 6.97. The fraction of sp³-hybridized carbons (Fsp3) is 0.550. The Morgan fingerprint density at radius 3 is 2.59 bits per heavy atom. The molecule has 1 aromatic carbocycles. The molecule has 0 saturated carbocycles. The molecule has 1 saturated heterocycles. The van der Waals surface area contributed by atoms with E-state index in [-0.39, 0.29) is 17.8 Å². The zero-order valence-corrected chi connectivity index (χ0v) is 16.7. The van der Waals surface area contributed by atoms with E-state index in [4.69, 9.17) is 0 Å². The first-order chi connectivity index (χ1) is 12.9. The van der Waals surface area contributed by atoms with Crippen LogP contribution in [0.3, 0.4) is 0 Å². The maximum Gasteiger partial charge on any atom is 0.322 e. The van der Waals surface area contributed by atoms with Crippen molar-refractivity contribution >= 4 is 29.2 Å². The maximum absolute atomic E-state index is 12.8. The topological polar surface area (TPSA) is 81.8 Å². The summed E-state index contributed by atoms with van der Waals surface area (Å²) in [6.07, 6.45) is 2.92. The second kappa shape index (κ2) is 9.39. The monoisotopic (exact) mass is 374 g/mol. The molecule has 2 N–H and O–H groups in total. The van der Waals surface area contributed by atoms with Crippen LogP contribution in [0, 0.1) is 6.92 Å². The Bertz CT molecular complexity index is 704. The summed E-state index contributed by atoms with van der Waals surface area (Å²) in [5.74, 6) is -0.0875. The van der Waals surface area contributed by atoms with Gasteiger partial charge in [-0.2, -0.15) is 0 Å². The molecule has 0 aliphatic carbocycles. The summed E-state index contributed by atoms with van der Waals surface area (Å²) >= 11 is 0. The Morgan fingerprint density at radius 2 is 1.93 bits per heavy atom. The molecule has 7 heteroatoms. The molecule has 4 amide bonds. The summed E-state index contributed by atoms with van der Waals surface area (Å²) in [6, 6.07) is 4.69. The normalized spacial score (nSPS) is 17.0. The van der Waals surface area contributed by atoms with Crippen LogP contribution in [0.15, 0.2) is 18.2 Å². The van der Waals surface area contributed by atoms with E-state index >= 15 is 0 Å². The van der Waals surface area contributed by atoms with Crippen LogP contribution in [0.4, 0.5) is 16.2 Å². The highest BCUT2D eigenvalue weighted by Gasteiger charge is 2.35. The highest BCUT2D eigenvalue weighted by Crippen LogP contribution is 2.22. The van der Waals surface area contributed by atoms with Crippen molar-refractivity contribution in [1.29, 1.82) is 0 Å². The van der Waals surface area contributed by atoms with Crippen LogP contribution in [0.5, 0.6) is 0 Å². The molecule has 1 unspecified atom stereocenters. The number of urea groups is 1. The van der Waals surface area contributed by atoms with E-state index in [9.17, 15) is 14.4 Å². The number of amides is 4. The first kappa shape index (κ1) is 20.7. The fourth-order valence-corrected chi connectivity index (χ4v) is 3.10. The number of carbonyl (C=O) groups is 3. The molecule has 27 heavy (non-hydrogen) atoms. The predicted molar refractivity (Wildman–Crippen MR) is 107 cm³/mol. The van der Waals surface area contributed by atoms with E-state index in [2.05, 4.69) is 17.6 Å². The van der Waals surface area contributed by atoms with E-state index < -0.39 is 6.04 Å². The lowest BCUT2D eigenvalue weighted by Crippen LogP contribution is -2.58. The van der Waals surface area contributed by atoms with Crippen LogP contribution in [-0.2, 0) is 9.59 Å². The lowest BCUT2D eigenvalue weighted by molar-refractivity contribution is -0.138. The largest absolute Gasteiger partial charge is 0.342 e. The molecular weight excluding hydrogens is 344 g/mol. The smallest absolute Gasteiger partial charge is 0.322 e. The molecule has 0 aromatic heterocycles. The summed E-state index contributed by atoms with van der Waals surface area (Å²) < 4.78 is 0. The molecule has 1 fully saturated rings. The second-order valence-corrected chi connectivity index (χ2v) is 6.97. The molecule has 148 valence electrons. The van der Waals surface area contributed by atoms with Crippen molar-refractivity contribution in [3.8, 4) is 0 Å². The molecule has 1 aromatic rings. The van der Waals surface area contributed by atoms with Gasteiger partial charge >= 0.3 is 6.03 Å². The van der Waals surface area contributed by atoms with Gasteiger partial charge in [0.25, 0.3) is 0 Å². The van der Waals surface area contributed by atoms with Gasteiger partial charge in [-0.15, -0.1) is 0 Å². The minimum atomic E-state index is -0.423. The molecule has 0 bridgehead atoms. The number of likely N-dealkylation sites (N-methyl/N-ethyl adjacent to an activating group) is 1. The maximum atomic E-state index is 12.8. The lowest BCUT2D eigenvalue weighted by Gasteiger charge is -2.39. The van der Waals surface area contributed by atoms with E-state index in [0.29, 0.717) is 37.3 Å². The van der Waals surface area contributed by atoms with Gasteiger partial charge in [0.1, 0.15) is 6.04 Å². The number of benzene rings is 1. The highest BCUT2D eigenvalue weighted by atomic mass is 16.2. The van der Waals surface area contributed by atoms with Crippen LogP contribution in [0.1, 0.15) is 45.1 Å². The van der Waals surface area contributed by atoms with Crippen molar-refractivity contribution in [1.82, 2.24) is 9.80 Å². The van der Waals surface area contributed by atoms with Gasteiger partial charge in [-0.3, -0.25) is 9.59 Å². The number of hydrogen-bond donors (Lipinski definition) is 2. The number of anilines is 2. The lowest BCUT2D eigenvalue weighted by atomic mass is 10.0. The average Bonchev–Trinajstić information content (AvgIpc) is 2.65. The number of aryl methyl sites for hydroxylation is 1. The van der Waals surface area contributed by atoms with E-state index in [1.165, 1.54) is 0 Å². The van der Waals surface area contributed by atoms with E-state index in [1.54, 1.807) is 35.9 Å². The average molecular weight is 374 g/mol. The van der Waals surface area contributed by atoms with Gasteiger partial charge in [0.2, 0.25) is 11.8 Å². The Hall–Kier alpha value is -2.57. The summed E-state index contributed by atoms with van der Waals surface area (Å²) in [5, 5.41) is 5.72. The number of nitrogens with zero attached hydrogens (tertiary/aromatic N) is 2. The van der Waals surface area contributed by atoms with Crippen molar-refractivity contribution < 1.29 is 14.4 Å². The van der Waals surface area contributed by atoms with Crippen molar-refractivity contribution in [2.45, 2.75) is 52.5 Å². The molecule has 0 spiro atoms.